The van der Waals surface area contributed by atoms with Crippen molar-refractivity contribution in [3.8, 4) is 0 Å². The van der Waals surface area contributed by atoms with Crippen molar-refractivity contribution in [1.82, 2.24) is 20.4 Å². The molecule has 1 amide bonds. The van der Waals surface area contributed by atoms with Gasteiger partial charge in [0.25, 0.3) is 5.91 Å². The third kappa shape index (κ3) is 4.47. The highest BCUT2D eigenvalue weighted by Crippen LogP contribution is 2.17. The molecule has 0 aliphatic carbocycles. The molecule has 2 N–H and O–H groups in total. The van der Waals surface area contributed by atoms with Crippen LogP contribution in [0.25, 0.3) is 0 Å². The number of nitrogens with zero attached hydrogens (tertiary/aromatic N) is 2. The van der Waals surface area contributed by atoms with Crippen LogP contribution in [0.15, 0.2) is 30.5 Å². The smallest absolute Gasteiger partial charge is 0.272 e. The average molecular weight is 373 g/mol. The Morgan fingerprint density at radius 1 is 1.46 bits per heavy atom. The summed E-state index contributed by atoms with van der Waals surface area (Å²) >= 11 is 5.73. The number of aromatic nitrogens is 2. The molecular weight excluding hydrogens is 354 g/mol. The highest BCUT2D eigenvalue weighted by atomic mass is 35.5. The summed E-state index contributed by atoms with van der Waals surface area (Å²) in [5.41, 5.74) is 1.12. The number of rotatable bonds is 4. The van der Waals surface area contributed by atoms with E-state index in [0.29, 0.717) is 11.7 Å². The maximum absolute atomic E-state index is 13.1. The van der Waals surface area contributed by atoms with Crippen molar-refractivity contribution < 1.29 is 9.18 Å². The van der Waals surface area contributed by atoms with Gasteiger partial charge in [-0.15, -0.1) is 12.4 Å². The van der Waals surface area contributed by atoms with Crippen LogP contribution in [0.1, 0.15) is 34.9 Å². The van der Waals surface area contributed by atoms with E-state index in [2.05, 4.69) is 15.7 Å². The van der Waals surface area contributed by atoms with Crippen molar-refractivity contribution in [3.05, 3.63) is 52.6 Å². The average Bonchev–Trinajstić information content (AvgIpc) is 3.06. The fraction of sp³-hybridized carbons (Fsp3) is 0.375. The first-order valence-corrected chi connectivity index (χ1v) is 7.99. The fourth-order valence-corrected chi connectivity index (χ4v) is 2.85. The molecule has 1 aliphatic heterocycles. The summed E-state index contributed by atoms with van der Waals surface area (Å²) in [5.74, 6) is -0.727. The third-order valence-corrected chi connectivity index (χ3v) is 4.21. The summed E-state index contributed by atoms with van der Waals surface area (Å²) in [6, 6.07) is 6.38. The van der Waals surface area contributed by atoms with Gasteiger partial charge in [-0.25, -0.2) is 4.39 Å². The molecule has 3 rings (SSSR count). The fourth-order valence-electron chi connectivity index (χ4n) is 2.64. The largest absolute Gasteiger partial charge is 0.347 e. The van der Waals surface area contributed by atoms with E-state index in [9.17, 15) is 9.18 Å². The second-order valence-corrected chi connectivity index (χ2v) is 6.02. The topological polar surface area (TPSA) is 59.0 Å². The Kier molecular flexibility index (Phi) is 6.60. The van der Waals surface area contributed by atoms with Crippen LogP contribution in [0.4, 0.5) is 4.39 Å². The van der Waals surface area contributed by atoms with Crippen molar-refractivity contribution in [1.29, 1.82) is 0 Å². The zero-order valence-corrected chi connectivity index (χ0v) is 14.5. The van der Waals surface area contributed by atoms with Crippen molar-refractivity contribution in [3.63, 3.8) is 0 Å². The highest BCUT2D eigenvalue weighted by Gasteiger charge is 2.17. The SMILES string of the molecule is Cl.O=C(NCc1ccc(F)c(Cl)c1)c1ccn(C2CCCNC2)n1. The van der Waals surface area contributed by atoms with Crippen LogP contribution in [-0.4, -0.2) is 28.8 Å². The van der Waals surface area contributed by atoms with Gasteiger partial charge in [0.2, 0.25) is 0 Å². The van der Waals surface area contributed by atoms with Crippen molar-refractivity contribution in [2.24, 2.45) is 0 Å². The lowest BCUT2D eigenvalue weighted by molar-refractivity contribution is 0.0944. The van der Waals surface area contributed by atoms with Crippen LogP contribution in [0.2, 0.25) is 5.02 Å². The molecule has 0 bridgehead atoms. The standard InChI is InChI=1S/C16H18ClFN4O.ClH/c17-13-8-11(3-4-14(13)18)9-20-16(23)15-5-7-22(21-15)12-2-1-6-19-10-12;/h3-5,7-8,12,19H,1-2,6,9-10H2,(H,20,23);1H. The van der Waals surface area contributed by atoms with Gasteiger partial charge in [0.15, 0.2) is 0 Å². The lowest BCUT2D eigenvalue weighted by Crippen LogP contribution is -2.32. The molecule has 1 aromatic carbocycles. The van der Waals surface area contributed by atoms with Crippen LogP contribution < -0.4 is 10.6 Å². The molecule has 2 heterocycles. The molecule has 0 spiro atoms. The number of hydrogen-bond donors (Lipinski definition) is 2. The zero-order valence-electron chi connectivity index (χ0n) is 13.0. The zero-order chi connectivity index (χ0) is 16.2. The number of carbonyl (C=O) groups is 1. The van der Waals surface area contributed by atoms with Crippen LogP contribution >= 0.6 is 24.0 Å². The summed E-state index contributed by atoms with van der Waals surface area (Å²) in [5, 5.41) is 10.5. The van der Waals surface area contributed by atoms with Gasteiger partial charge in [0.1, 0.15) is 11.5 Å². The molecule has 1 unspecified atom stereocenters. The molecule has 24 heavy (non-hydrogen) atoms. The lowest BCUT2D eigenvalue weighted by Gasteiger charge is -2.22. The van der Waals surface area contributed by atoms with Crippen LogP contribution in [0.3, 0.4) is 0 Å². The van der Waals surface area contributed by atoms with Gasteiger partial charge < -0.3 is 10.6 Å². The molecule has 5 nitrogen and oxygen atoms in total. The van der Waals surface area contributed by atoms with Gasteiger partial charge in [0, 0.05) is 19.3 Å². The van der Waals surface area contributed by atoms with E-state index in [1.165, 1.54) is 12.1 Å². The van der Waals surface area contributed by atoms with Gasteiger partial charge in [-0.2, -0.15) is 5.10 Å². The quantitative estimate of drug-likeness (QED) is 0.867. The van der Waals surface area contributed by atoms with E-state index < -0.39 is 5.82 Å². The summed E-state index contributed by atoms with van der Waals surface area (Å²) in [6.07, 6.45) is 4.00. The van der Waals surface area contributed by atoms with Crippen LogP contribution in [0, 0.1) is 5.82 Å². The van der Waals surface area contributed by atoms with Gasteiger partial charge in [0.05, 0.1) is 11.1 Å². The summed E-state index contributed by atoms with van der Waals surface area (Å²) in [4.78, 5) is 12.2. The molecule has 2 aromatic rings. The summed E-state index contributed by atoms with van der Waals surface area (Å²) < 4.78 is 14.9. The predicted octanol–water partition coefficient (Wildman–Crippen LogP) is 2.95. The monoisotopic (exact) mass is 372 g/mol. The molecule has 0 saturated carbocycles. The number of benzene rings is 1. The molecule has 8 heteroatoms. The van der Waals surface area contributed by atoms with Gasteiger partial charge in [-0.05, 0) is 43.1 Å². The van der Waals surface area contributed by atoms with E-state index in [1.54, 1.807) is 12.1 Å². The van der Waals surface area contributed by atoms with Gasteiger partial charge in [-0.1, -0.05) is 17.7 Å². The van der Waals surface area contributed by atoms with E-state index in [1.807, 2.05) is 10.9 Å². The number of hydrogen-bond acceptors (Lipinski definition) is 3. The molecule has 1 saturated heterocycles. The first-order valence-electron chi connectivity index (χ1n) is 7.61. The predicted molar refractivity (Wildman–Crippen MR) is 93.2 cm³/mol. The number of piperidine rings is 1. The van der Waals surface area contributed by atoms with Crippen LogP contribution in [0.5, 0.6) is 0 Å². The highest BCUT2D eigenvalue weighted by molar-refractivity contribution is 6.30. The second kappa shape index (κ2) is 8.46. The first kappa shape index (κ1) is 18.7. The van der Waals surface area contributed by atoms with Crippen molar-refractivity contribution in [2.45, 2.75) is 25.4 Å². The molecule has 1 atom stereocenters. The molecule has 1 fully saturated rings. The Morgan fingerprint density at radius 3 is 3.00 bits per heavy atom. The molecule has 0 radical (unpaired) electrons. The van der Waals surface area contributed by atoms with E-state index in [-0.39, 0.29) is 29.9 Å². The number of carbonyl (C=O) groups excluding carboxylic acids is 1. The van der Waals surface area contributed by atoms with Gasteiger partial charge in [-0.3, -0.25) is 9.48 Å². The molecule has 1 aliphatic rings. The number of halogens is 3. The van der Waals surface area contributed by atoms with Crippen molar-refractivity contribution in [2.75, 3.05) is 13.1 Å². The second-order valence-electron chi connectivity index (χ2n) is 5.61. The Hall–Kier alpha value is -1.63. The first-order chi connectivity index (χ1) is 11.1. The minimum atomic E-state index is -0.471. The maximum atomic E-state index is 13.1. The minimum Gasteiger partial charge on any atom is -0.347 e. The van der Waals surface area contributed by atoms with Gasteiger partial charge >= 0.3 is 0 Å². The number of amides is 1. The molecule has 1 aromatic heterocycles. The van der Waals surface area contributed by atoms with Crippen molar-refractivity contribution >= 4 is 29.9 Å². The Bertz CT molecular complexity index is 701. The third-order valence-electron chi connectivity index (χ3n) is 3.92. The van der Waals surface area contributed by atoms with E-state index in [0.717, 1.165) is 31.5 Å². The molecule has 130 valence electrons. The minimum absolute atomic E-state index is 0. The lowest BCUT2D eigenvalue weighted by atomic mass is 10.1. The Labute approximate surface area is 151 Å². The Balaban J connectivity index is 0.00000208. The van der Waals surface area contributed by atoms with E-state index >= 15 is 0 Å². The Morgan fingerprint density at radius 2 is 2.29 bits per heavy atom. The van der Waals surface area contributed by atoms with E-state index in [4.69, 9.17) is 11.6 Å². The number of nitrogens with one attached hydrogen (secondary N) is 2. The normalized spacial score (nSPS) is 17.2. The maximum Gasteiger partial charge on any atom is 0.272 e. The molecular formula is C16H19Cl2FN4O. The summed E-state index contributed by atoms with van der Waals surface area (Å²) in [6.45, 7) is 2.18. The van der Waals surface area contributed by atoms with Crippen LogP contribution in [-0.2, 0) is 6.54 Å². The summed E-state index contributed by atoms with van der Waals surface area (Å²) in [7, 11) is 0.